The summed E-state index contributed by atoms with van der Waals surface area (Å²) in [6, 6.07) is 6.13. The van der Waals surface area contributed by atoms with Crippen molar-refractivity contribution in [2.75, 3.05) is 52.5 Å². The van der Waals surface area contributed by atoms with Gasteiger partial charge in [-0.2, -0.15) is 0 Å². The lowest BCUT2D eigenvalue weighted by atomic mass is 10.2. The molecule has 7 nitrogen and oxygen atoms in total. The second-order valence-electron chi connectivity index (χ2n) is 6.90. The number of benzene rings is 1. The monoisotopic (exact) mass is 403 g/mol. The van der Waals surface area contributed by atoms with Crippen molar-refractivity contribution >= 4 is 5.96 Å². The zero-order valence-electron chi connectivity index (χ0n) is 17.0. The third kappa shape index (κ3) is 7.14. The predicted octanol–water partition coefficient (Wildman–Crippen LogP) is 2.30. The highest BCUT2D eigenvalue weighted by atomic mass is 19.1. The fourth-order valence-electron chi connectivity index (χ4n) is 3.11. The van der Waals surface area contributed by atoms with E-state index >= 15 is 0 Å². The van der Waals surface area contributed by atoms with Gasteiger partial charge in [0.05, 0.1) is 18.9 Å². The van der Waals surface area contributed by atoms with Gasteiger partial charge in [0.25, 0.3) is 0 Å². The molecule has 0 amide bonds. The number of oxazole rings is 1. The van der Waals surface area contributed by atoms with Gasteiger partial charge in [-0.3, -0.25) is 9.89 Å². The van der Waals surface area contributed by atoms with Crippen molar-refractivity contribution in [2.24, 2.45) is 4.99 Å². The van der Waals surface area contributed by atoms with Crippen molar-refractivity contribution in [1.29, 1.82) is 0 Å². The fourth-order valence-corrected chi connectivity index (χ4v) is 3.11. The predicted molar refractivity (Wildman–Crippen MR) is 111 cm³/mol. The van der Waals surface area contributed by atoms with E-state index in [4.69, 9.17) is 9.15 Å². The first-order valence-corrected chi connectivity index (χ1v) is 10.3. The number of halogens is 1. The second-order valence-corrected chi connectivity index (χ2v) is 6.90. The summed E-state index contributed by atoms with van der Waals surface area (Å²) in [5.41, 5.74) is 1.61. The molecular formula is C21H30FN5O2. The topological polar surface area (TPSA) is 74.9 Å². The van der Waals surface area contributed by atoms with Gasteiger partial charge in [0, 0.05) is 51.3 Å². The maximum absolute atomic E-state index is 13.0. The molecule has 0 aliphatic carbocycles. The van der Waals surface area contributed by atoms with Gasteiger partial charge in [-0.15, -0.1) is 0 Å². The Balaban J connectivity index is 1.41. The Hall–Kier alpha value is -2.45. The number of morpholine rings is 1. The standard InChI is InChI=1S/C21H30FN5O2/c1-2-23-21(24-9-3-11-27-12-14-28-15-13-27)25-10-8-19-16-29-20(26-19)17-4-6-18(22)7-5-17/h4-7,16H,2-3,8-15H2,1H3,(H2,23,24,25). The van der Waals surface area contributed by atoms with Gasteiger partial charge in [-0.05, 0) is 37.6 Å². The third-order valence-corrected chi connectivity index (χ3v) is 4.67. The number of aliphatic imine (C=N–C) groups is 1. The van der Waals surface area contributed by atoms with Crippen molar-refractivity contribution in [2.45, 2.75) is 19.8 Å². The molecule has 0 bridgehead atoms. The van der Waals surface area contributed by atoms with Crippen LogP contribution in [0.2, 0.25) is 0 Å². The summed E-state index contributed by atoms with van der Waals surface area (Å²) in [5.74, 6) is 1.05. The zero-order chi connectivity index (χ0) is 20.3. The minimum atomic E-state index is -0.273. The molecule has 2 heterocycles. The molecule has 1 fully saturated rings. The molecule has 2 N–H and O–H groups in total. The van der Waals surface area contributed by atoms with E-state index in [0.717, 1.165) is 69.6 Å². The quantitative estimate of drug-likeness (QED) is 0.380. The molecule has 0 unspecified atom stereocenters. The molecule has 3 rings (SSSR count). The molecule has 8 heteroatoms. The molecule has 1 aromatic heterocycles. The molecule has 2 aromatic rings. The SMILES string of the molecule is CCNC(=NCCCN1CCOCC1)NCCc1coc(-c2ccc(F)cc2)n1. The molecule has 1 aliphatic rings. The van der Waals surface area contributed by atoms with Crippen molar-refractivity contribution in [1.82, 2.24) is 20.5 Å². The van der Waals surface area contributed by atoms with Crippen LogP contribution in [-0.4, -0.2) is 68.3 Å². The van der Waals surface area contributed by atoms with Crippen LogP contribution in [0.1, 0.15) is 19.0 Å². The minimum absolute atomic E-state index is 0.273. The Morgan fingerprint density at radius 2 is 2.00 bits per heavy atom. The van der Waals surface area contributed by atoms with Crippen molar-refractivity contribution < 1.29 is 13.5 Å². The first-order chi connectivity index (χ1) is 14.2. The first-order valence-electron chi connectivity index (χ1n) is 10.3. The van der Waals surface area contributed by atoms with Crippen molar-refractivity contribution in [3.8, 4) is 11.5 Å². The van der Waals surface area contributed by atoms with E-state index in [9.17, 15) is 4.39 Å². The van der Waals surface area contributed by atoms with Crippen LogP contribution in [0, 0.1) is 5.82 Å². The lowest BCUT2D eigenvalue weighted by molar-refractivity contribution is 0.0377. The highest BCUT2D eigenvalue weighted by Crippen LogP contribution is 2.18. The van der Waals surface area contributed by atoms with Crippen LogP contribution in [0.5, 0.6) is 0 Å². The van der Waals surface area contributed by atoms with Gasteiger partial charge < -0.3 is 19.8 Å². The normalized spacial score (nSPS) is 15.4. The number of nitrogens with zero attached hydrogens (tertiary/aromatic N) is 3. The summed E-state index contributed by atoms with van der Waals surface area (Å²) in [5, 5.41) is 6.61. The molecule has 158 valence electrons. The van der Waals surface area contributed by atoms with E-state index in [2.05, 4.69) is 32.4 Å². The molecule has 0 radical (unpaired) electrons. The lowest BCUT2D eigenvalue weighted by Gasteiger charge is -2.26. The number of ether oxygens (including phenoxy) is 1. The van der Waals surface area contributed by atoms with Gasteiger partial charge in [0.1, 0.15) is 12.1 Å². The Bertz CT molecular complexity index is 757. The largest absolute Gasteiger partial charge is 0.444 e. The summed E-state index contributed by atoms with van der Waals surface area (Å²) >= 11 is 0. The number of guanidine groups is 1. The molecule has 0 atom stereocenters. The fraction of sp³-hybridized carbons (Fsp3) is 0.524. The average molecular weight is 404 g/mol. The van der Waals surface area contributed by atoms with Crippen LogP contribution < -0.4 is 10.6 Å². The molecule has 29 heavy (non-hydrogen) atoms. The number of hydrogen-bond donors (Lipinski definition) is 2. The molecule has 0 saturated carbocycles. The number of aromatic nitrogens is 1. The van der Waals surface area contributed by atoms with E-state index in [1.807, 2.05) is 0 Å². The minimum Gasteiger partial charge on any atom is -0.444 e. The highest BCUT2D eigenvalue weighted by molar-refractivity contribution is 5.79. The van der Waals surface area contributed by atoms with Crippen molar-refractivity contribution in [3.63, 3.8) is 0 Å². The Morgan fingerprint density at radius 3 is 2.76 bits per heavy atom. The van der Waals surface area contributed by atoms with E-state index in [-0.39, 0.29) is 5.82 Å². The van der Waals surface area contributed by atoms with Gasteiger partial charge in [-0.1, -0.05) is 0 Å². The van der Waals surface area contributed by atoms with Crippen LogP contribution in [-0.2, 0) is 11.2 Å². The van der Waals surface area contributed by atoms with E-state index in [1.165, 1.54) is 12.1 Å². The van der Waals surface area contributed by atoms with Crippen molar-refractivity contribution in [3.05, 3.63) is 42.0 Å². The van der Waals surface area contributed by atoms with Crippen LogP contribution in [0.3, 0.4) is 0 Å². The molecular weight excluding hydrogens is 373 g/mol. The lowest BCUT2D eigenvalue weighted by Crippen LogP contribution is -2.39. The summed E-state index contributed by atoms with van der Waals surface area (Å²) < 4.78 is 23.9. The second kappa shape index (κ2) is 11.5. The first kappa shape index (κ1) is 21.3. The van der Waals surface area contributed by atoms with Crippen LogP contribution in [0.25, 0.3) is 11.5 Å². The van der Waals surface area contributed by atoms with Crippen LogP contribution >= 0.6 is 0 Å². The third-order valence-electron chi connectivity index (χ3n) is 4.67. The Kier molecular flexibility index (Phi) is 8.45. The summed E-state index contributed by atoms with van der Waals surface area (Å²) in [4.78, 5) is 11.5. The van der Waals surface area contributed by atoms with Gasteiger partial charge in [-0.25, -0.2) is 9.37 Å². The maximum Gasteiger partial charge on any atom is 0.226 e. The summed E-state index contributed by atoms with van der Waals surface area (Å²) in [6.45, 7) is 9.09. The number of nitrogens with one attached hydrogen (secondary N) is 2. The smallest absolute Gasteiger partial charge is 0.226 e. The summed E-state index contributed by atoms with van der Waals surface area (Å²) in [6.07, 6.45) is 3.39. The molecule has 1 saturated heterocycles. The molecule has 1 aromatic carbocycles. The van der Waals surface area contributed by atoms with E-state index < -0.39 is 0 Å². The van der Waals surface area contributed by atoms with E-state index in [0.29, 0.717) is 18.9 Å². The van der Waals surface area contributed by atoms with Crippen LogP contribution in [0.15, 0.2) is 39.9 Å². The Morgan fingerprint density at radius 1 is 1.21 bits per heavy atom. The Labute approximate surface area is 171 Å². The van der Waals surface area contributed by atoms with E-state index in [1.54, 1.807) is 18.4 Å². The van der Waals surface area contributed by atoms with Gasteiger partial charge in [0.15, 0.2) is 5.96 Å². The summed E-state index contributed by atoms with van der Waals surface area (Å²) in [7, 11) is 0. The number of rotatable bonds is 9. The average Bonchev–Trinajstić information content (AvgIpc) is 3.21. The van der Waals surface area contributed by atoms with Gasteiger partial charge in [0.2, 0.25) is 5.89 Å². The highest BCUT2D eigenvalue weighted by Gasteiger charge is 2.09. The molecule has 0 spiro atoms. The zero-order valence-corrected chi connectivity index (χ0v) is 17.0. The molecule has 1 aliphatic heterocycles. The van der Waals surface area contributed by atoms with Gasteiger partial charge >= 0.3 is 0 Å². The maximum atomic E-state index is 13.0. The van der Waals surface area contributed by atoms with Crippen LogP contribution in [0.4, 0.5) is 4.39 Å². The number of hydrogen-bond acceptors (Lipinski definition) is 5.